The second kappa shape index (κ2) is 12.1. The maximum atomic E-state index is 12.3. The molecular formula is C23H27ClN4O6S. The van der Waals surface area contributed by atoms with Gasteiger partial charge < -0.3 is 20.1 Å². The number of halogens is 1. The monoisotopic (exact) mass is 522 g/mol. The first kappa shape index (κ1) is 26.6. The van der Waals surface area contributed by atoms with Gasteiger partial charge in [-0.1, -0.05) is 48.0 Å². The van der Waals surface area contributed by atoms with E-state index in [0.29, 0.717) is 31.0 Å². The first-order valence-corrected chi connectivity index (χ1v) is 12.9. The van der Waals surface area contributed by atoms with Crippen LogP contribution in [0.5, 0.6) is 0 Å². The molecule has 2 aromatic carbocycles. The van der Waals surface area contributed by atoms with E-state index >= 15 is 0 Å². The third kappa shape index (κ3) is 7.25. The van der Waals surface area contributed by atoms with Crippen molar-refractivity contribution in [3.8, 4) is 0 Å². The summed E-state index contributed by atoms with van der Waals surface area (Å²) in [6.07, 6.45) is -1.03. The first-order chi connectivity index (χ1) is 16.7. The number of amidine groups is 1. The molecule has 0 bridgehead atoms. The quantitative estimate of drug-likeness (QED) is 0.432. The van der Waals surface area contributed by atoms with Crippen LogP contribution in [-0.4, -0.2) is 86.9 Å². The minimum absolute atomic E-state index is 0.0652. The van der Waals surface area contributed by atoms with Gasteiger partial charge >= 0.3 is 6.09 Å². The number of sulfone groups is 1. The van der Waals surface area contributed by atoms with Crippen LogP contribution >= 0.6 is 11.6 Å². The number of nitrogens with zero attached hydrogens (tertiary/aromatic N) is 3. The lowest BCUT2D eigenvalue weighted by atomic mass is 10.1. The average Bonchev–Trinajstić information content (AvgIpc) is 3.32. The number of likely N-dealkylation sites (N-methyl/N-ethyl adjacent to an activating group) is 1. The fourth-order valence-electron chi connectivity index (χ4n) is 3.40. The molecule has 2 amide bonds. The van der Waals surface area contributed by atoms with Gasteiger partial charge in [0.1, 0.15) is 18.3 Å². The fourth-order valence-corrected chi connectivity index (χ4v) is 5.11. The van der Waals surface area contributed by atoms with Crippen LogP contribution in [0.2, 0.25) is 5.02 Å². The molecule has 12 heteroatoms. The number of amides is 2. The van der Waals surface area contributed by atoms with Crippen LogP contribution in [0.1, 0.15) is 11.1 Å². The zero-order valence-corrected chi connectivity index (χ0v) is 20.8. The van der Waals surface area contributed by atoms with E-state index in [1.165, 1.54) is 21.9 Å². The lowest BCUT2D eigenvalue weighted by Crippen LogP contribution is -2.33. The number of aliphatic imine (C=N–C) groups is 1. The molecule has 0 atom stereocenters. The fraction of sp³-hybridized carbons (Fsp3) is 0.348. The summed E-state index contributed by atoms with van der Waals surface area (Å²) in [7, 11) is -1.92. The number of hydrogen-bond donors (Lipinski definition) is 2. The van der Waals surface area contributed by atoms with E-state index in [1.54, 1.807) is 31.3 Å². The Morgan fingerprint density at radius 1 is 1.20 bits per heavy atom. The van der Waals surface area contributed by atoms with Crippen molar-refractivity contribution in [3.05, 3.63) is 64.7 Å². The maximum absolute atomic E-state index is 12.3. The molecule has 2 N–H and O–H groups in total. The van der Waals surface area contributed by atoms with Gasteiger partial charge in [0, 0.05) is 25.7 Å². The van der Waals surface area contributed by atoms with Crippen molar-refractivity contribution in [2.45, 2.75) is 11.4 Å². The van der Waals surface area contributed by atoms with E-state index in [4.69, 9.17) is 16.3 Å². The van der Waals surface area contributed by atoms with E-state index in [1.807, 2.05) is 12.1 Å². The molecule has 0 fully saturated rings. The van der Waals surface area contributed by atoms with Crippen molar-refractivity contribution in [2.24, 2.45) is 4.99 Å². The number of carbonyl (C=O) groups is 2. The van der Waals surface area contributed by atoms with Gasteiger partial charge in [-0.25, -0.2) is 13.2 Å². The molecule has 1 aliphatic rings. The Kier molecular flexibility index (Phi) is 9.21. The highest BCUT2D eigenvalue weighted by molar-refractivity contribution is 7.91. The molecule has 0 saturated heterocycles. The largest absolute Gasteiger partial charge is 0.465 e. The molecule has 0 radical (unpaired) electrons. The van der Waals surface area contributed by atoms with Gasteiger partial charge in [0.2, 0.25) is 5.91 Å². The van der Waals surface area contributed by atoms with Crippen molar-refractivity contribution in [1.29, 1.82) is 0 Å². The summed E-state index contributed by atoms with van der Waals surface area (Å²) in [5, 5.41) is 12.2. The van der Waals surface area contributed by atoms with E-state index in [0.717, 1.165) is 5.56 Å². The second-order valence-corrected chi connectivity index (χ2v) is 10.2. The molecule has 0 spiro atoms. The summed E-state index contributed by atoms with van der Waals surface area (Å²) in [4.78, 5) is 30.7. The summed E-state index contributed by atoms with van der Waals surface area (Å²) in [6, 6.07) is 13.5. The van der Waals surface area contributed by atoms with Gasteiger partial charge in [-0.3, -0.25) is 14.7 Å². The highest BCUT2D eigenvalue weighted by atomic mass is 35.5. The van der Waals surface area contributed by atoms with Crippen molar-refractivity contribution in [1.82, 2.24) is 15.1 Å². The Bertz CT molecular complexity index is 1190. The van der Waals surface area contributed by atoms with E-state index in [2.05, 4.69) is 10.3 Å². The minimum atomic E-state index is -3.57. The first-order valence-electron chi connectivity index (χ1n) is 10.8. The Hall–Kier alpha value is -2.99. The summed E-state index contributed by atoms with van der Waals surface area (Å²) in [5.41, 5.74) is 1.58. The van der Waals surface area contributed by atoms with Crippen LogP contribution in [0.25, 0.3) is 0 Å². The van der Waals surface area contributed by atoms with Crippen molar-refractivity contribution < 1.29 is 27.9 Å². The zero-order valence-electron chi connectivity index (χ0n) is 19.2. The van der Waals surface area contributed by atoms with E-state index < -0.39 is 15.9 Å². The standard InChI is InChI=1S/C23H27ClN4O6S/c1-27(14-17-6-8-18(9-7-17)22-26-10-12-28(22)23(30)31)21(29)15-34-13-11-25-16-35(32,33)20-5-3-2-4-19(20)24/h2-9,25H,10-16H2,1H3,(H,30,31). The number of carboxylic acid groups (broad SMARTS) is 1. The SMILES string of the molecule is CN(Cc1ccc(C2=NCCN2C(=O)O)cc1)C(=O)COCCNCS(=O)(=O)c1ccccc1Cl. The summed E-state index contributed by atoms with van der Waals surface area (Å²) < 4.78 is 30.0. The van der Waals surface area contributed by atoms with E-state index in [-0.39, 0.29) is 41.5 Å². The van der Waals surface area contributed by atoms with Crippen LogP contribution in [0.4, 0.5) is 4.79 Å². The van der Waals surface area contributed by atoms with Gasteiger partial charge in [0.05, 0.1) is 29.6 Å². The number of carbonyl (C=O) groups excluding carboxylic acids is 1. The van der Waals surface area contributed by atoms with Crippen LogP contribution < -0.4 is 5.32 Å². The molecule has 10 nitrogen and oxygen atoms in total. The Balaban J connectivity index is 1.38. The van der Waals surface area contributed by atoms with Crippen LogP contribution in [-0.2, 0) is 25.9 Å². The summed E-state index contributed by atoms with van der Waals surface area (Å²) >= 11 is 5.95. The molecule has 35 heavy (non-hydrogen) atoms. The lowest BCUT2D eigenvalue weighted by Gasteiger charge is -2.18. The molecule has 1 aliphatic heterocycles. The molecule has 0 aliphatic carbocycles. The molecule has 1 heterocycles. The molecule has 0 aromatic heterocycles. The summed E-state index contributed by atoms with van der Waals surface area (Å²) in [5.74, 6) is -0.0919. The topological polar surface area (TPSA) is 129 Å². The van der Waals surface area contributed by atoms with Gasteiger partial charge in [-0.05, 0) is 17.7 Å². The third-order valence-electron chi connectivity index (χ3n) is 5.24. The van der Waals surface area contributed by atoms with Crippen molar-refractivity contribution in [2.75, 3.05) is 45.8 Å². The predicted octanol–water partition coefficient (Wildman–Crippen LogP) is 2.08. The maximum Gasteiger partial charge on any atom is 0.413 e. The van der Waals surface area contributed by atoms with E-state index in [9.17, 15) is 23.1 Å². The average molecular weight is 523 g/mol. The Labute approximate surface area is 209 Å². The van der Waals surface area contributed by atoms with Gasteiger partial charge in [-0.2, -0.15) is 0 Å². The van der Waals surface area contributed by atoms with Crippen molar-refractivity contribution >= 4 is 39.3 Å². The number of nitrogens with one attached hydrogen (secondary N) is 1. The van der Waals surface area contributed by atoms with Crippen molar-refractivity contribution in [3.63, 3.8) is 0 Å². The highest BCUT2D eigenvalue weighted by Crippen LogP contribution is 2.21. The second-order valence-electron chi connectivity index (χ2n) is 7.83. The number of benzene rings is 2. The summed E-state index contributed by atoms with van der Waals surface area (Å²) in [6.45, 7) is 1.40. The lowest BCUT2D eigenvalue weighted by molar-refractivity contribution is -0.135. The smallest absolute Gasteiger partial charge is 0.413 e. The number of hydrogen-bond acceptors (Lipinski definition) is 7. The normalized spacial score (nSPS) is 13.5. The van der Waals surface area contributed by atoms with Gasteiger partial charge in [0.25, 0.3) is 0 Å². The third-order valence-corrected chi connectivity index (χ3v) is 7.29. The predicted molar refractivity (Wildman–Crippen MR) is 131 cm³/mol. The zero-order chi connectivity index (χ0) is 25.4. The van der Waals surface area contributed by atoms with Crippen LogP contribution in [0.15, 0.2) is 58.4 Å². The van der Waals surface area contributed by atoms with Crippen LogP contribution in [0.3, 0.4) is 0 Å². The number of rotatable bonds is 11. The molecule has 3 rings (SSSR count). The molecule has 188 valence electrons. The van der Waals surface area contributed by atoms with Gasteiger partial charge in [-0.15, -0.1) is 0 Å². The molecular weight excluding hydrogens is 496 g/mol. The highest BCUT2D eigenvalue weighted by Gasteiger charge is 2.24. The Morgan fingerprint density at radius 2 is 1.91 bits per heavy atom. The molecule has 2 aromatic rings. The Morgan fingerprint density at radius 3 is 2.60 bits per heavy atom. The molecule has 0 saturated carbocycles. The number of ether oxygens (including phenoxy) is 1. The minimum Gasteiger partial charge on any atom is -0.465 e. The molecule has 0 unspecified atom stereocenters. The van der Waals surface area contributed by atoms with Crippen LogP contribution in [0, 0.1) is 0 Å². The van der Waals surface area contributed by atoms with Gasteiger partial charge in [0.15, 0.2) is 9.84 Å².